The monoisotopic (exact) mass is 1720 g/mol. The number of fused-ring (bicyclic) bond motifs is 2. The van der Waals surface area contributed by atoms with E-state index in [1.165, 1.54) is 54.2 Å². The second kappa shape index (κ2) is 38.8. The summed E-state index contributed by atoms with van der Waals surface area (Å²) in [5.74, 6) is -7.70. The third kappa shape index (κ3) is 23.5. The van der Waals surface area contributed by atoms with Gasteiger partial charge in [-0.05, 0) is 147 Å². The number of aliphatic carboxylic acids is 1. The average Bonchev–Trinajstić information content (AvgIpc) is 1.64. The number of amides is 10. The maximum absolute atomic E-state index is 15.9. The van der Waals surface area contributed by atoms with Crippen LogP contribution in [-0.4, -0.2) is 232 Å². The maximum atomic E-state index is 15.9. The summed E-state index contributed by atoms with van der Waals surface area (Å²) >= 11 is 0. The van der Waals surface area contributed by atoms with Gasteiger partial charge in [0, 0.05) is 52.9 Å². The van der Waals surface area contributed by atoms with Crippen LogP contribution in [0.15, 0.2) is 146 Å². The molecule has 6 aliphatic rings. The Hall–Kier alpha value is -13.0. The normalized spacial score (nSPS) is 20.6. The minimum absolute atomic E-state index is 0.0750. The second-order valence-electron chi connectivity index (χ2n) is 36.3. The van der Waals surface area contributed by atoms with E-state index in [2.05, 4.69) is 52.5 Å². The number of nitrogens with one attached hydrogen (secondary N) is 6. The van der Waals surface area contributed by atoms with Crippen molar-refractivity contribution in [1.82, 2.24) is 81.5 Å². The first-order valence-corrected chi connectivity index (χ1v) is 41.8. The third-order valence-electron chi connectivity index (χ3n) is 22.4. The van der Waals surface area contributed by atoms with Crippen LogP contribution in [0, 0.1) is 10.8 Å². The van der Waals surface area contributed by atoms with Crippen LogP contribution in [0.1, 0.15) is 155 Å². The Morgan fingerprint density at radius 2 is 0.872 bits per heavy atom. The van der Waals surface area contributed by atoms with Crippen LogP contribution in [0.3, 0.4) is 0 Å². The van der Waals surface area contributed by atoms with Gasteiger partial charge in [0.2, 0.25) is 47.3 Å². The molecule has 125 heavy (non-hydrogen) atoms. The number of rotatable bonds is 14. The zero-order valence-electron chi connectivity index (χ0n) is 73.7. The Morgan fingerprint density at radius 3 is 1.23 bits per heavy atom. The van der Waals surface area contributed by atoms with Crippen LogP contribution in [-0.2, 0) is 101 Å². The summed E-state index contributed by atoms with van der Waals surface area (Å²) in [6.45, 7) is 22.9. The number of carbonyl (C=O) groups excluding carboxylic acids is 11. The van der Waals surface area contributed by atoms with Gasteiger partial charge in [-0.2, -0.15) is 0 Å². The van der Waals surface area contributed by atoms with Crippen LogP contribution >= 0.6 is 0 Å². The molecule has 2 unspecified atom stereocenters. The zero-order valence-corrected chi connectivity index (χ0v) is 73.7. The molecule has 0 aliphatic carbocycles. The molecule has 8 heterocycles. The lowest BCUT2D eigenvalue weighted by atomic mass is 9.85. The van der Waals surface area contributed by atoms with Gasteiger partial charge in [-0.1, -0.05) is 161 Å². The van der Waals surface area contributed by atoms with Gasteiger partial charge in [-0.3, -0.25) is 48.2 Å². The number of aromatic nitrogens is 6. The van der Waals surface area contributed by atoms with Gasteiger partial charge in [-0.15, -0.1) is 10.2 Å². The van der Waals surface area contributed by atoms with Crippen LogP contribution < -0.4 is 41.4 Å². The lowest BCUT2D eigenvalue weighted by Gasteiger charge is -2.37. The highest BCUT2D eigenvalue weighted by atomic mass is 16.6. The molecule has 14 rings (SSSR count). The molecule has 7 N–H and O–H groups in total. The fraction of sp³-hybridized carbons (Fsp3) is 0.473. The summed E-state index contributed by atoms with van der Waals surface area (Å²) in [4.78, 5) is 181. The number of likely N-dealkylation sites (N-methyl/N-ethyl adjacent to an activating group) is 2. The number of hydrogen-bond donors (Lipinski definition) is 7. The second-order valence-corrected chi connectivity index (χ2v) is 36.3. The first kappa shape index (κ1) is 92.7. The summed E-state index contributed by atoms with van der Waals surface area (Å²) in [6, 6.07) is 23.4. The summed E-state index contributed by atoms with van der Waals surface area (Å²) in [7, 11) is 3.97. The number of methoxy groups -OCH3 is 1. The number of ether oxygens (including phenoxy) is 5. The van der Waals surface area contributed by atoms with E-state index in [1.54, 1.807) is 150 Å². The van der Waals surface area contributed by atoms with Crippen molar-refractivity contribution in [2.75, 3.05) is 34.3 Å². The predicted octanol–water partition coefficient (Wildman–Crippen LogP) is 7.67. The number of hydrogen-bond acceptors (Lipinski definition) is 21. The first-order chi connectivity index (χ1) is 58.9. The zero-order chi connectivity index (χ0) is 90.9. The molecule has 2 aromatic heterocycles. The van der Waals surface area contributed by atoms with E-state index in [0.29, 0.717) is 33.8 Å². The highest BCUT2D eigenvalue weighted by Crippen LogP contribution is 2.36. The predicted molar refractivity (Wildman–Crippen MR) is 460 cm³/mol. The number of esters is 1. The summed E-state index contributed by atoms with van der Waals surface area (Å²) < 4.78 is 31.8. The Morgan fingerprint density at radius 1 is 0.504 bits per heavy atom. The molecule has 0 saturated carbocycles. The summed E-state index contributed by atoms with van der Waals surface area (Å²) in [6.07, 6.45) is 1.01. The Labute approximate surface area is 725 Å². The van der Waals surface area contributed by atoms with Crippen molar-refractivity contribution in [1.29, 1.82) is 0 Å². The van der Waals surface area contributed by atoms with Gasteiger partial charge < -0.3 is 70.5 Å². The van der Waals surface area contributed by atoms with Crippen LogP contribution in [0.4, 0.5) is 9.59 Å². The largest absolute Gasteiger partial charge is 0.487 e. The highest BCUT2D eigenvalue weighted by Gasteiger charge is 2.51. The Balaban J connectivity index is 0.944. The number of carbonyl (C=O) groups is 12. The van der Waals surface area contributed by atoms with Crippen molar-refractivity contribution < 1.29 is 86.3 Å². The van der Waals surface area contributed by atoms with Gasteiger partial charge in [0.05, 0.1) is 31.6 Å². The number of likely N-dealkylation sites (tertiary alicyclic amines) is 2. The number of nitrogens with zero attached hydrogens (tertiary/aromatic N) is 10. The molecule has 10 amide bonds. The van der Waals surface area contributed by atoms with Crippen molar-refractivity contribution in [2.45, 2.75) is 232 Å². The van der Waals surface area contributed by atoms with Crippen LogP contribution in [0.25, 0.3) is 21.5 Å². The van der Waals surface area contributed by atoms with Crippen molar-refractivity contribution in [3.8, 4) is 11.5 Å². The van der Waals surface area contributed by atoms with E-state index >= 15 is 28.8 Å². The molecule has 0 spiro atoms. The Kier molecular flexibility index (Phi) is 28.8. The van der Waals surface area contributed by atoms with Crippen molar-refractivity contribution >= 4 is 92.9 Å². The molecular formula is C91H114N16O18. The van der Waals surface area contributed by atoms with E-state index in [1.807, 2.05) is 78.9 Å². The molecule has 0 radical (unpaired) electrons. The minimum atomic E-state index is -1.59. The molecular weight excluding hydrogens is 1610 g/mol. The van der Waals surface area contributed by atoms with Gasteiger partial charge in [-0.25, -0.2) is 28.5 Å². The summed E-state index contributed by atoms with van der Waals surface area (Å²) in [5, 5.41) is 49.4. The lowest BCUT2D eigenvalue weighted by molar-refractivity contribution is -0.146. The van der Waals surface area contributed by atoms with Crippen molar-refractivity contribution in [3.05, 3.63) is 179 Å². The fourth-order valence-corrected chi connectivity index (χ4v) is 15.3. The molecule has 34 nitrogen and oxygen atoms in total. The van der Waals surface area contributed by atoms with Gasteiger partial charge in [0.1, 0.15) is 108 Å². The van der Waals surface area contributed by atoms with Gasteiger partial charge in [0.25, 0.3) is 0 Å². The summed E-state index contributed by atoms with van der Waals surface area (Å²) in [5.41, 5.74) is -1.15. The first-order valence-electron chi connectivity index (χ1n) is 41.8. The number of carboxylic acid groups (broad SMARTS) is 1. The molecule has 8 aromatic rings. The minimum Gasteiger partial charge on any atom is -0.487 e. The van der Waals surface area contributed by atoms with E-state index in [0.717, 1.165) is 31.3 Å². The van der Waals surface area contributed by atoms with E-state index < -0.39 is 166 Å². The number of benzene rings is 6. The topological polar surface area (TPSA) is 418 Å². The van der Waals surface area contributed by atoms with Crippen LogP contribution in [0.5, 0.6) is 11.5 Å². The maximum Gasteiger partial charge on any atom is 0.410 e. The van der Waals surface area contributed by atoms with Crippen LogP contribution in [0.2, 0.25) is 0 Å². The highest BCUT2D eigenvalue weighted by molar-refractivity contribution is 5.99. The number of carboxylic acids is 1. The molecule has 34 heteroatoms. The van der Waals surface area contributed by atoms with Gasteiger partial charge in [0.15, 0.2) is 0 Å². The van der Waals surface area contributed by atoms with Crippen molar-refractivity contribution in [2.24, 2.45) is 10.8 Å². The molecule has 12 atom stereocenters. The molecule has 2 fully saturated rings. The van der Waals surface area contributed by atoms with Crippen molar-refractivity contribution in [3.63, 3.8) is 0 Å². The third-order valence-corrected chi connectivity index (χ3v) is 22.4. The molecule has 6 aliphatic heterocycles. The molecule has 2 saturated heterocycles. The SMILES string of the molecule is COC(=O)[C@@H]1Cc2ccc(cc2)OCc2cn(nn2)C2CCN(C(=O)[C@@H](NC(=O)[C@H](C)N(C)C(=O)OC(C)(C)C)C(C)(C)C)[C@@H]2C(=O)N[C@@H](Cc2ccc3ccccc3c2)C(=O)N[C@H](C(=O)O)Cc2ccc(cc2)OCc2cn(nn2)C2CCN(C(=O)[C@@H](NC(=O)[C@H](C)N(C)C(=O)OC(C)(C)C)C(C)(C)C)[C@@H]2C(=O)N[C@@H](Cc2ccc3ccccc3c2)C(=O)N1. The molecule has 8 bridgehead atoms. The van der Waals surface area contributed by atoms with E-state index in [4.69, 9.17) is 23.7 Å². The fourth-order valence-electron chi connectivity index (χ4n) is 15.3. The standard InChI is InChI=1S/C91H114N16O18/c1-52(102(15)86(119)124-90(9,10)11)76(108)96-74(88(3,4)5)82(114)104-40-38-70-72(104)80(112)92-66(46-56-26-32-58-22-18-20-24-60(58)42-56)78(110)94-68(84(116)117)44-54-28-34-64(35-29-54)122-50-62-48-107(101-98-62)71-39-41-105(83(115)75(89(6,7)8)97-77(109)53(2)103(16)87(120)125-91(12,13)14)73(71)81(113)93-67(47-57-27-33-59-23-19-21-25-61(59)43-57)79(111)95-69(85(118)121-17)45-55-30-36-65(37-31-55)123-51-63-49-106(70)100-99-63/h18-37,42-43,48-49,52-53,66-75H,38-41,44-47,50-51H2,1-17H3,(H,92,112)(H,93,113)(H,94,110)(H,95,111)(H,96,108)(H,97,109)(H,116,117)/t52-,53-,66-,67-,68-,69-,70?,71?,72-,73-,74+,75+/m0/s1. The quantitative estimate of drug-likeness (QED) is 0.0405. The Bertz CT molecular complexity index is 5300. The molecule has 6 aromatic carbocycles. The lowest BCUT2D eigenvalue weighted by Crippen LogP contribution is -2.62. The smallest absolute Gasteiger partial charge is 0.410 e. The van der Waals surface area contributed by atoms with Gasteiger partial charge >= 0.3 is 24.1 Å². The van der Waals surface area contributed by atoms with E-state index in [-0.39, 0.29) is 76.2 Å². The molecule has 666 valence electrons. The average molecular weight is 1720 g/mol. The van der Waals surface area contributed by atoms with E-state index in [9.17, 15) is 33.9 Å².